The summed E-state index contributed by atoms with van der Waals surface area (Å²) in [6.07, 6.45) is 1.15. The number of fused-ring (bicyclic) bond motifs is 1. The average molecular weight is 243 g/mol. The first-order chi connectivity index (χ1) is 7.31. The highest BCUT2D eigenvalue weighted by molar-refractivity contribution is 7.99. The van der Waals surface area contributed by atoms with Crippen LogP contribution in [0.2, 0.25) is 5.02 Å². The van der Waals surface area contributed by atoms with Crippen molar-refractivity contribution in [2.45, 2.75) is 17.4 Å². The average Bonchev–Trinajstić information content (AvgIpc) is 2.26. The highest BCUT2D eigenvalue weighted by atomic mass is 35.5. The maximum atomic E-state index is 6.01. The van der Waals surface area contributed by atoms with Gasteiger partial charge in [0.2, 0.25) is 0 Å². The normalized spacial score (nSPS) is 20.0. The SMILES string of the molecule is NCCNC1CCSc2ccc(Cl)cc21. The standard InChI is InChI=1S/C11H15ClN2S/c12-8-1-2-11-9(7-8)10(3-6-15-11)14-5-4-13/h1-2,7,10,14H,3-6,13H2. The second-order valence-electron chi connectivity index (χ2n) is 3.61. The second-order valence-corrected chi connectivity index (χ2v) is 5.19. The van der Waals surface area contributed by atoms with Crippen LogP contribution in [0.3, 0.4) is 0 Å². The summed E-state index contributed by atoms with van der Waals surface area (Å²) in [5.74, 6) is 1.16. The van der Waals surface area contributed by atoms with E-state index in [4.69, 9.17) is 17.3 Å². The summed E-state index contributed by atoms with van der Waals surface area (Å²) in [5.41, 5.74) is 6.83. The maximum absolute atomic E-state index is 6.01. The van der Waals surface area contributed by atoms with Crippen LogP contribution < -0.4 is 11.1 Å². The number of hydrogen-bond acceptors (Lipinski definition) is 3. The van der Waals surface area contributed by atoms with Crippen molar-refractivity contribution in [3.05, 3.63) is 28.8 Å². The molecule has 1 heterocycles. The molecule has 82 valence electrons. The summed E-state index contributed by atoms with van der Waals surface area (Å²) in [6.45, 7) is 1.54. The van der Waals surface area contributed by atoms with Crippen LogP contribution in [0.5, 0.6) is 0 Å². The molecule has 3 N–H and O–H groups in total. The number of nitrogens with two attached hydrogens (primary N) is 1. The van der Waals surface area contributed by atoms with E-state index in [1.54, 1.807) is 0 Å². The van der Waals surface area contributed by atoms with Gasteiger partial charge >= 0.3 is 0 Å². The van der Waals surface area contributed by atoms with E-state index in [1.807, 2.05) is 17.8 Å². The van der Waals surface area contributed by atoms with Crippen molar-refractivity contribution >= 4 is 23.4 Å². The summed E-state index contributed by atoms with van der Waals surface area (Å²) in [7, 11) is 0. The van der Waals surface area contributed by atoms with Crippen LogP contribution in [-0.2, 0) is 0 Å². The van der Waals surface area contributed by atoms with E-state index in [2.05, 4.69) is 17.4 Å². The van der Waals surface area contributed by atoms with Crippen LogP contribution >= 0.6 is 23.4 Å². The van der Waals surface area contributed by atoms with Crippen molar-refractivity contribution < 1.29 is 0 Å². The molecule has 0 saturated carbocycles. The Balaban J connectivity index is 2.20. The van der Waals surface area contributed by atoms with Crippen molar-refractivity contribution in [3.8, 4) is 0 Å². The minimum Gasteiger partial charge on any atom is -0.329 e. The van der Waals surface area contributed by atoms with Gasteiger partial charge in [-0.1, -0.05) is 11.6 Å². The second kappa shape index (κ2) is 5.21. The van der Waals surface area contributed by atoms with Gasteiger partial charge in [0, 0.05) is 29.0 Å². The molecule has 1 unspecified atom stereocenters. The molecule has 1 aliphatic rings. The molecule has 1 aliphatic heterocycles. The highest BCUT2D eigenvalue weighted by Crippen LogP contribution is 2.37. The Hall–Kier alpha value is -0.220. The lowest BCUT2D eigenvalue weighted by Crippen LogP contribution is -2.29. The summed E-state index contributed by atoms with van der Waals surface area (Å²) in [4.78, 5) is 1.35. The molecule has 1 aromatic rings. The molecule has 1 aromatic carbocycles. The van der Waals surface area contributed by atoms with E-state index in [9.17, 15) is 0 Å². The lowest BCUT2D eigenvalue weighted by Gasteiger charge is -2.26. The zero-order valence-electron chi connectivity index (χ0n) is 8.50. The Morgan fingerprint density at radius 3 is 3.20 bits per heavy atom. The summed E-state index contributed by atoms with van der Waals surface area (Å²) in [6, 6.07) is 6.55. The Kier molecular flexibility index (Phi) is 3.92. The van der Waals surface area contributed by atoms with Crippen molar-refractivity contribution in [2.24, 2.45) is 5.73 Å². The predicted octanol–water partition coefficient (Wildman–Crippen LogP) is 2.43. The van der Waals surface area contributed by atoms with Gasteiger partial charge in [-0.2, -0.15) is 0 Å². The number of thioether (sulfide) groups is 1. The number of rotatable bonds is 3. The molecule has 0 aromatic heterocycles. The minimum atomic E-state index is 0.420. The first kappa shape index (κ1) is 11.3. The molecule has 1 atom stereocenters. The third-order valence-corrected chi connectivity index (χ3v) is 3.90. The van der Waals surface area contributed by atoms with Gasteiger partial charge in [0.25, 0.3) is 0 Å². The molecule has 15 heavy (non-hydrogen) atoms. The lowest BCUT2D eigenvalue weighted by atomic mass is 10.0. The van der Waals surface area contributed by atoms with Gasteiger partial charge in [-0.05, 0) is 35.9 Å². The Labute approximate surface area is 99.6 Å². The first-order valence-corrected chi connectivity index (χ1v) is 6.53. The fraction of sp³-hybridized carbons (Fsp3) is 0.455. The molecule has 0 radical (unpaired) electrons. The maximum Gasteiger partial charge on any atom is 0.0410 e. The minimum absolute atomic E-state index is 0.420. The van der Waals surface area contributed by atoms with E-state index in [0.717, 1.165) is 23.7 Å². The molecule has 0 amide bonds. The van der Waals surface area contributed by atoms with Crippen LogP contribution in [0.25, 0.3) is 0 Å². The van der Waals surface area contributed by atoms with Gasteiger partial charge in [-0.25, -0.2) is 0 Å². The van der Waals surface area contributed by atoms with Gasteiger partial charge in [0.1, 0.15) is 0 Å². The van der Waals surface area contributed by atoms with E-state index in [1.165, 1.54) is 10.5 Å². The van der Waals surface area contributed by atoms with E-state index < -0.39 is 0 Å². The third-order valence-electron chi connectivity index (χ3n) is 2.55. The third kappa shape index (κ3) is 2.67. The topological polar surface area (TPSA) is 38.0 Å². The molecule has 0 bridgehead atoms. The fourth-order valence-corrected chi connectivity index (χ4v) is 3.12. The van der Waals surface area contributed by atoms with E-state index in [0.29, 0.717) is 12.6 Å². The number of halogens is 1. The zero-order valence-corrected chi connectivity index (χ0v) is 10.1. The number of nitrogens with one attached hydrogen (secondary N) is 1. The Morgan fingerprint density at radius 1 is 1.53 bits per heavy atom. The number of benzene rings is 1. The molecule has 2 nitrogen and oxygen atoms in total. The van der Waals surface area contributed by atoms with Gasteiger partial charge in [0.15, 0.2) is 0 Å². The van der Waals surface area contributed by atoms with Gasteiger partial charge in [-0.15, -0.1) is 11.8 Å². The van der Waals surface area contributed by atoms with Gasteiger partial charge in [-0.3, -0.25) is 0 Å². The van der Waals surface area contributed by atoms with Gasteiger partial charge in [0.05, 0.1) is 0 Å². The van der Waals surface area contributed by atoms with Crippen LogP contribution in [0.4, 0.5) is 0 Å². The Morgan fingerprint density at radius 2 is 2.40 bits per heavy atom. The summed E-state index contributed by atoms with van der Waals surface area (Å²) < 4.78 is 0. The van der Waals surface area contributed by atoms with Crippen molar-refractivity contribution in [1.29, 1.82) is 0 Å². The summed E-state index contributed by atoms with van der Waals surface area (Å²) >= 11 is 7.92. The van der Waals surface area contributed by atoms with Crippen molar-refractivity contribution in [3.63, 3.8) is 0 Å². The quantitative estimate of drug-likeness (QED) is 0.855. The molecule has 0 aliphatic carbocycles. The van der Waals surface area contributed by atoms with Crippen molar-refractivity contribution in [1.82, 2.24) is 5.32 Å². The zero-order chi connectivity index (χ0) is 10.7. The molecule has 0 spiro atoms. The van der Waals surface area contributed by atoms with E-state index in [-0.39, 0.29) is 0 Å². The fourth-order valence-electron chi connectivity index (χ4n) is 1.83. The van der Waals surface area contributed by atoms with Crippen LogP contribution in [-0.4, -0.2) is 18.8 Å². The molecular weight excluding hydrogens is 228 g/mol. The van der Waals surface area contributed by atoms with Crippen LogP contribution in [0, 0.1) is 0 Å². The van der Waals surface area contributed by atoms with Crippen LogP contribution in [0.15, 0.2) is 23.1 Å². The van der Waals surface area contributed by atoms with Crippen molar-refractivity contribution in [2.75, 3.05) is 18.8 Å². The molecule has 2 rings (SSSR count). The van der Waals surface area contributed by atoms with Gasteiger partial charge < -0.3 is 11.1 Å². The highest BCUT2D eigenvalue weighted by Gasteiger charge is 2.19. The molecule has 0 saturated heterocycles. The predicted molar refractivity (Wildman–Crippen MR) is 66.6 cm³/mol. The smallest absolute Gasteiger partial charge is 0.0410 e. The number of hydrogen-bond donors (Lipinski definition) is 2. The largest absolute Gasteiger partial charge is 0.329 e. The Bertz CT molecular complexity index is 343. The monoisotopic (exact) mass is 242 g/mol. The van der Waals surface area contributed by atoms with Crippen LogP contribution in [0.1, 0.15) is 18.0 Å². The molecule has 4 heteroatoms. The first-order valence-electron chi connectivity index (χ1n) is 5.17. The molecular formula is C11H15ClN2S. The van der Waals surface area contributed by atoms with E-state index >= 15 is 0 Å². The summed E-state index contributed by atoms with van der Waals surface area (Å²) in [5, 5.41) is 4.27. The molecule has 0 fully saturated rings. The lowest BCUT2D eigenvalue weighted by molar-refractivity contribution is 0.518.